The third-order valence-corrected chi connectivity index (χ3v) is 6.84. The Bertz CT molecular complexity index is 1110. The third-order valence-electron chi connectivity index (χ3n) is 6.33. The standard InChI is InChI=1S/C24H24ClN3O3/c1-15-17(11-16-3-5-18(6-4-16)28-9-2-8-26-28)12-19-20(23(15)25)13-27(24(19)30)21-14-31-10-7-22(21)29/h2-6,8-9,12,21-22,29H,7,10-11,13-14H2,1H3/t21-,22-/m0/s1. The fraction of sp³-hybridized carbons (Fsp3) is 0.333. The maximum Gasteiger partial charge on any atom is 0.254 e. The number of halogens is 1. The summed E-state index contributed by atoms with van der Waals surface area (Å²) in [6.45, 7) is 3.29. The number of rotatable bonds is 4. The van der Waals surface area contributed by atoms with Gasteiger partial charge in [0.15, 0.2) is 0 Å². The van der Waals surface area contributed by atoms with Crippen LogP contribution in [0.25, 0.3) is 5.69 Å². The lowest BCUT2D eigenvalue weighted by Crippen LogP contribution is -2.49. The van der Waals surface area contributed by atoms with Crippen LogP contribution in [0.4, 0.5) is 0 Å². The Balaban J connectivity index is 1.41. The number of hydrogen-bond acceptors (Lipinski definition) is 4. The second-order valence-corrected chi connectivity index (χ2v) is 8.60. The van der Waals surface area contributed by atoms with Gasteiger partial charge >= 0.3 is 0 Å². The summed E-state index contributed by atoms with van der Waals surface area (Å²) < 4.78 is 7.33. The number of carbonyl (C=O) groups is 1. The van der Waals surface area contributed by atoms with E-state index in [0.29, 0.717) is 43.2 Å². The summed E-state index contributed by atoms with van der Waals surface area (Å²) in [5.41, 5.74) is 5.64. The summed E-state index contributed by atoms with van der Waals surface area (Å²) in [6.07, 6.45) is 4.31. The minimum atomic E-state index is -0.570. The summed E-state index contributed by atoms with van der Waals surface area (Å²) in [5, 5.41) is 15.3. The first-order valence-corrected chi connectivity index (χ1v) is 10.9. The molecule has 0 unspecified atom stereocenters. The predicted octanol–water partition coefficient (Wildman–Crippen LogP) is 3.53. The van der Waals surface area contributed by atoms with Crippen molar-refractivity contribution in [2.45, 2.75) is 38.5 Å². The van der Waals surface area contributed by atoms with Crippen LogP contribution in [0.15, 0.2) is 48.8 Å². The number of hydrogen-bond donors (Lipinski definition) is 1. The topological polar surface area (TPSA) is 67.6 Å². The van der Waals surface area contributed by atoms with Crippen molar-refractivity contribution < 1.29 is 14.6 Å². The van der Waals surface area contributed by atoms with Crippen LogP contribution in [0.3, 0.4) is 0 Å². The molecule has 3 heterocycles. The van der Waals surface area contributed by atoms with E-state index >= 15 is 0 Å². The monoisotopic (exact) mass is 437 g/mol. The van der Waals surface area contributed by atoms with E-state index in [9.17, 15) is 9.90 Å². The van der Waals surface area contributed by atoms with Gasteiger partial charge in [0.05, 0.1) is 24.4 Å². The molecule has 31 heavy (non-hydrogen) atoms. The molecule has 1 saturated heterocycles. The van der Waals surface area contributed by atoms with E-state index in [1.54, 1.807) is 11.1 Å². The Hall–Kier alpha value is -2.67. The van der Waals surface area contributed by atoms with Crippen LogP contribution in [0.5, 0.6) is 0 Å². The molecule has 3 aromatic rings. The first-order valence-electron chi connectivity index (χ1n) is 10.5. The Morgan fingerprint density at radius 1 is 1.29 bits per heavy atom. The first-order chi connectivity index (χ1) is 15.0. The maximum absolute atomic E-state index is 13.2. The molecule has 0 spiro atoms. The van der Waals surface area contributed by atoms with Gasteiger partial charge in [0, 0.05) is 41.7 Å². The van der Waals surface area contributed by atoms with Crippen molar-refractivity contribution in [1.29, 1.82) is 0 Å². The van der Waals surface area contributed by atoms with Crippen LogP contribution in [0, 0.1) is 6.92 Å². The highest BCUT2D eigenvalue weighted by Gasteiger charge is 2.39. The maximum atomic E-state index is 13.2. The summed E-state index contributed by atoms with van der Waals surface area (Å²) in [4.78, 5) is 14.9. The smallest absolute Gasteiger partial charge is 0.254 e. The van der Waals surface area contributed by atoms with Gasteiger partial charge in [0.1, 0.15) is 0 Å². The minimum Gasteiger partial charge on any atom is -0.391 e. The fourth-order valence-electron chi connectivity index (χ4n) is 4.47. The van der Waals surface area contributed by atoms with Gasteiger partial charge in [-0.15, -0.1) is 0 Å². The Morgan fingerprint density at radius 2 is 2.10 bits per heavy atom. The lowest BCUT2D eigenvalue weighted by atomic mass is 9.95. The molecule has 7 heteroatoms. The molecule has 5 rings (SSSR count). The van der Waals surface area contributed by atoms with E-state index in [4.69, 9.17) is 16.3 Å². The van der Waals surface area contributed by atoms with Gasteiger partial charge in [-0.25, -0.2) is 4.68 Å². The number of benzene rings is 2. The Kier molecular flexibility index (Phi) is 5.30. The number of fused-ring (bicyclic) bond motifs is 1. The molecule has 0 aliphatic carbocycles. The van der Waals surface area contributed by atoms with Crippen LogP contribution >= 0.6 is 11.6 Å². The van der Waals surface area contributed by atoms with E-state index in [0.717, 1.165) is 27.9 Å². The number of aromatic nitrogens is 2. The average Bonchev–Trinajstić information content (AvgIpc) is 3.42. The molecule has 6 nitrogen and oxygen atoms in total. The second kappa shape index (κ2) is 8.11. The van der Waals surface area contributed by atoms with Crippen molar-refractivity contribution in [2.75, 3.05) is 13.2 Å². The van der Waals surface area contributed by atoms with E-state index in [2.05, 4.69) is 17.2 Å². The molecule has 2 aromatic carbocycles. The Labute approximate surface area is 186 Å². The SMILES string of the molecule is Cc1c(Cc2ccc(-n3cccn3)cc2)cc2c(c1Cl)CN([C@H]1COCC[C@@H]1O)C2=O. The highest BCUT2D eigenvalue weighted by Crippen LogP contribution is 2.36. The Morgan fingerprint density at radius 3 is 2.81 bits per heavy atom. The van der Waals surface area contributed by atoms with Gasteiger partial charge in [0.25, 0.3) is 5.91 Å². The fourth-order valence-corrected chi connectivity index (χ4v) is 4.75. The van der Waals surface area contributed by atoms with Gasteiger partial charge < -0.3 is 14.7 Å². The highest BCUT2D eigenvalue weighted by atomic mass is 35.5. The van der Waals surface area contributed by atoms with Gasteiger partial charge in [-0.3, -0.25) is 4.79 Å². The summed E-state index contributed by atoms with van der Waals surface area (Å²) >= 11 is 6.72. The van der Waals surface area contributed by atoms with E-state index in [1.165, 1.54) is 0 Å². The number of aliphatic hydroxyl groups excluding tert-OH is 1. The van der Waals surface area contributed by atoms with Crippen LogP contribution in [-0.4, -0.2) is 51.1 Å². The van der Waals surface area contributed by atoms with Crippen molar-refractivity contribution in [1.82, 2.24) is 14.7 Å². The quantitative estimate of drug-likeness (QED) is 0.678. The molecule has 1 fully saturated rings. The molecule has 0 bridgehead atoms. The summed E-state index contributed by atoms with van der Waals surface area (Å²) in [5.74, 6) is -0.0817. The summed E-state index contributed by atoms with van der Waals surface area (Å²) in [6, 6.07) is 11.7. The van der Waals surface area contributed by atoms with Crippen LogP contribution in [-0.2, 0) is 17.7 Å². The normalized spacial score (nSPS) is 20.9. The van der Waals surface area contributed by atoms with Crippen molar-refractivity contribution >= 4 is 17.5 Å². The molecule has 2 aliphatic heterocycles. The molecule has 2 aliphatic rings. The number of nitrogens with zero attached hydrogens (tertiary/aromatic N) is 3. The summed E-state index contributed by atoms with van der Waals surface area (Å²) in [7, 11) is 0. The largest absolute Gasteiger partial charge is 0.391 e. The molecular formula is C24H24ClN3O3. The minimum absolute atomic E-state index is 0.0817. The van der Waals surface area contributed by atoms with Crippen LogP contribution < -0.4 is 0 Å². The van der Waals surface area contributed by atoms with Crippen molar-refractivity contribution in [3.63, 3.8) is 0 Å². The lowest BCUT2D eigenvalue weighted by Gasteiger charge is -2.34. The number of amides is 1. The predicted molar refractivity (Wildman–Crippen MR) is 118 cm³/mol. The van der Waals surface area contributed by atoms with Gasteiger partial charge in [-0.05, 0) is 60.7 Å². The molecule has 0 radical (unpaired) electrons. The van der Waals surface area contributed by atoms with E-state index in [1.807, 2.05) is 42.1 Å². The van der Waals surface area contributed by atoms with Crippen molar-refractivity contribution in [2.24, 2.45) is 0 Å². The van der Waals surface area contributed by atoms with Gasteiger partial charge in [-0.1, -0.05) is 23.7 Å². The van der Waals surface area contributed by atoms with Crippen LogP contribution in [0.2, 0.25) is 5.02 Å². The highest BCUT2D eigenvalue weighted by molar-refractivity contribution is 6.33. The third kappa shape index (κ3) is 3.65. The van der Waals surface area contributed by atoms with Crippen molar-refractivity contribution in [3.05, 3.63) is 81.6 Å². The molecule has 1 amide bonds. The zero-order valence-electron chi connectivity index (χ0n) is 17.3. The first kappa shape index (κ1) is 20.2. The molecule has 160 valence electrons. The molecule has 0 saturated carbocycles. The van der Waals surface area contributed by atoms with Crippen molar-refractivity contribution in [3.8, 4) is 5.69 Å². The number of ether oxygens (including phenoxy) is 1. The average molecular weight is 438 g/mol. The number of carbonyl (C=O) groups excluding carboxylic acids is 1. The molecule has 2 atom stereocenters. The number of aliphatic hydroxyl groups is 1. The lowest BCUT2D eigenvalue weighted by molar-refractivity contribution is -0.0528. The second-order valence-electron chi connectivity index (χ2n) is 8.23. The molecule has 1 aromatic heterocycles. The molecular weight excluding hydrogens is 414 g/mol. The van der Waals surface area contributed by atoms with E-state index < -0.39 is 6.10 Å². The molecule has 1 N–H and O–H groups in total. The van der Waals surface area contributed by atoms with Gasteiger partial charge in [0.2, 0.25) is 0 Å². The zero-order chi connectivity index (χ0) is 21.5. The van der Waals surface area contributed by atoms with Crippen LogP contribution in [0.1, 0.15) is 39.0 Å². The van der Waals surface area contributed by atoms with E-state index in [-0.39, 0.29) is 11.9 Å². The zero-order valence-corrected chi connectivity index (χ0v) is 18.0. The van der Waals surface area contributed by atoms with Gasteiger partial charge in [-0.2, -0.15) is 5.10 Å².